The van der Waals surface area contributed by atoms with E-state index >= 15 is 0 Å². The highest BCUT2D eigenvalue weighted by atomic mass is 16.5. The van der Waals surface area contributed by atoms with Crippen molar-refractivity contribution < 1.29 is 4.74 Å². The Morgan fingerprint density at radius 2 is 2.00 bits per heavy atom. The molecule has 2 aromatic rings. The minimum atomic E-state index is 0.375. The number of hydrogen-bond donors (Lipinski definition) is 0. The van der Waals surface area contributed by atoms with E-state index in [1.165, 1.54) is 0 Å². The fourth-order valence-electron chi connectivity index (χ4n) is 1.89. The Hall–Kier alpha value is -1.77. The number of hydrogen-bond acceptors (Lipinski definition) is 2. The molecule has 0 atom stereocenters. The van der Waals surface area contributed by atoms with E-state index in [4.69, 9.17) is 4.74 Å². The number of aromatic nitrogens is 2. The standard InChI is InChI=1S/C14H18N2O/c1-10(2)16-9-8-13(15-16)12-7-5-6-11(3)14(12)17-4/h5-10H,1-4H3. The van der Waals surface area contributed by atoms with Gasteiger partial charge < -0.3 is 4.74 Å². The van der Waals surface area contributed by atoms with E-state index in [9.17, 15) is 0 Å². The lowest BCUT2D eigenvalue weighted by Gasteiger charge is -2.09. The van der Waals surface area contributed by atoms with Gasteiger partial charge in [-0.2, -0.15) is 5.10 Å². The molecule has 0 unspecified atom stereocenters. The third-order valence-corrected chi connectivity index (χ3v) is 2.83. The maximum Gasteiger partial charge on any atom is 0.131 e. The topological polar surface area (TPSA) is 27.1 Å². The van der Waals surface area contributed by atoms with Gasteiger partial charge in [0.15, 0.2) is 0 Å². The molecule has 0 aliphatic heterocycles. The van der Waals surface area contributed by atoms with E-state index in [1.54, 1.807) is 7.11 Å². The van der Waals surface area contributed by atoms with Crippen LogP contribution in [0.5, 0.6) is 5.75 Å². The van der Waals surface area contributed by atoms with Gasteiger partial charge in [-0.25, -0.2) is 0 Å². The molecule has 1 aromatic carbocycles. The fourth-order valence-corrected chi connectivity index (χ4v) is 1.89. The minimum Gasteiger partial charge on any atom is -0.496 e. The van der Waals surface area contributed by atoms with Crippen LogP contribution in [0.25, 0.3) is 11.3 Å². The summed E-state index contributed by atoms with van der Waals surface area (Å²) in [6, 6.07) is 8.51. The first-order chi connectivity index (χ1) is 8.13. The van der Waals surface area contributed by atoms with E-state index in [-0.39, 0.29) is 0 Å². The van der Waals surface area contributed by atoms with E-state index < -0.39 is 0 Å². The van der Waals surface area contributed by atoms with Gasteiger partial charge >= 0.3 is 0 Å². The predicted octanol–water partition coefficient (Wildman–Crippen LogP) is 3.45. The van der Waals surface area contributed by atoms with Crippen molar-refractivity contribution in [3.63, 3.8) is 0 Å². The van der Waals surface area contributed by atoms with Crippen molar-refractivity contribution in [1.82, 2.24) is 9.78 Å². The Morgan fingerprint density at radius 3 is 2.59 bits per heavy atom. The number of benzene rings is 1. The number of methoxy groups -OCH3 is 1. The molecule has 0 aliphatic rings. The highest BCUT2D eigenvalue weighted by molar-refractivity contribution is 5.68. The van der Waals surface area contributed by atoms with Crippen molar-refractivity contribution in [2.75, 3.05) is 7.11 Å². The van der Waals surface area contributed by atoms with E-state index in [1.807, 2.05) is 42.1 Å². The molecule has 90 valence electrons. The Balaban J connectivity index is 2.48. The molecule has 1 heterocycles. The second-order valence-electron chi connectivity index (χ2n) is 4.43. The molecular weight excluding hydrogens is 212 g/mol. The van der Waals surface area contributed by atoms with Crippen LogP contribution in [0.1, 0.15) is 25.5 Å². The monoisotopic (exact) mass is 230 g/mol. The SMILES string of the molecule is COc1c(C)cccc1-c1ccn(C(C)C)n1. The second-order valence-corrected chi connectivity index (χ2v) is 4.43. The van der Waals surface area contributed by atoms with E-state index in [2.05, 4.69) is 18.9 Å². The van der Waals surface area contributed by atoms with Crippen LogP contribution in [0.4, 0.5) is 0 Å². The van der Waals surface area contributed by atoms with Crippen LogP contribution < -0.4 is 4.74 Å². The van der Waals surface area contributed by atoms with Gasteiger partial charge in [-0.15, -0.1) is 0 Å². The molecule has 0 radical (unpaired) electrons. The number of rotatable bonds is 3. The van der Waals surface area contributed by atoms with Gasteiger partial charge in [0, 0.05) is 17.8 Å². The average molecular weight is 230 g/mol. The summed E-state index contributed by atoms with van der Waals surface area (Å²) in [6.45, 7) is 6.27. The fraction of sp³-hybridized carbons (Fsp3) is 0.357. The minimum absolute atomic E-state index is 0.375. The Bertz CT molecular complexity index is 515. The third kappa shape index (κ3) is 2.18. The largest absolute Gasteiger partial charge is 0.496 e. The predicted molar refractivity (Wildman–Crippen MR) is 69.3 cm³/mol. The zero-order valence-electron chi connectivity index (χ0n) is 10.8. The highest BCUT2D eigenvalue weighted by Crippen LogP contribution is 2.31. The van der Waals surface area contributed by atoms with Gasteiger partial charge in [-0.3, -0.25) is 4.68 Å². The summed E-state index contributed by atoms with van der Waals surface area (Å²) < 4.78 is 7.41. The van der Waals surface area contributed by atoms with Gasteiger partial charge in [-0.1, -0.05) is 12.1 Å². The lowest BCUT2D eigenvalue weighted by molar-refractivity contribution is 0.413. The zero-order valence-corrected chi connectivity index (χ0v) is 10.8. The molecule has 3 heteroatoms. The van der Waals surface area contributed by atoms with Crippen molar-refractivity contribution in [3.05, 3.63) is 36.0 Å². The van der Waals surface area contributed by atoms with Crippen LogP contribution in [-0.4, -0.2) is 16.9 Å². The summed E-state index contributed by atoms with van der Waals surface area (Å²) >= 11 is 0. The molecule has 0 amide bonds. The summed E-state index contributed by atoms with van der Waals surface area (Å²) in [7, 11) is 1.70. The van der Waals surface area contributed by atoms with Crippen molar-refractivity contribution in [1.29, 1.82) is 0 Å². The molecule has 0 fully saturated rings. The lowest BCUT2D eigenvalue weighted by Crippen LogP contribution is -2.01. The van der Waals surface area contributed by atoms with Crippen LogP contribution in [0.2, 0.25) is 0 Å². The molecule has 3 nitrogen and oxygen atoms in total. The summed E-state index contributed by atoms with van der Waals surface area (Å²) in [6.07, 6.45) is 2.00. The quantitative estimate of drug-likeness (QED) is 0.807. The van der Waals surface area contributed by atoms with Crippen LogP contribution in [0.3, 0.4) is 0 Å². The summed E-state index contributed by atoms with van der Waals surface area (Å²) in [4.78, 5) is 0. The number of ether oxygens (including phenoxy) is 1. The number of para-hydroxylation sites is 1. The summed E-state index contributed by atoms with van der Waals surface area (Å²) in [5.74, 6) is 0.904. The van der Waals surface area contributed by atoms with Crippen molar-refractivity contribution in [2.24, 2.45) is 0 Å². The molecular formula is C14H18N2O. The first-order valence-corrected chi connectivity index (χ1v) is 5.82. The summed E-state index contributed by atoms with van der Waals surface area (Å²) in [5.41, 5.74) is 3.13. The molecule has 17 heavy (non-hydrogen) atoms. The van der Waals surface area contributed by atoms with Crippen LogP contribution in [0.15, 0.2) is 30.5 Å². The lowest BCUT2D eigenvalue weighted by atomic mass is 10.1. The normalized spacial score (nSPS) is 10.9. The maximum atomic E-state index is 5.45. The van der Waals surface area contributed by atoms with Gasteiger partial charge in [0.2, 0.25) is 0 Å². The first kappa shape index (κ1) is 11.7. The van der Waals surface area contributed by atoms with Crippen LogP contribution in [0, 0.1) is 6.92 Å². The van der Waals surface area contributed by atoms with Crippen LogP contribution in [-0.2, 0) is 0 Å². The zero-order chi connectivity index (χ0) is 12.4. The highest BCUT2D eigenvalue weighted by Gasteiger charge is 2.11. The molecule has 0 spiro atoms. The third-order valence-electron chi connectivity index (χ3n) is 2.83. The van der Waals surface area contributed by atoms with Crippen molar-refractivity contribution in [2.45, 2.75) is 26.8 Å². The second kappa shape index (κ2) is 4.62. The van der Waals surface area contributed by atoms with Crippen molar-refractivity contribution in [3.8, 4) is 17.0 Å². The molecule has 0 aliphatic carbocycles. The molecule has 0 saturated carbocycles. The van der Waals surface area contributed by atoms with E-state index in [0.717, 1.165) is 22.6 Å². The maximum absolute atomic E-state index is 5.45. The number of aryl methyl sites for hydroxylation is 1. The molecule has 2 rings (SSSR count). The van der Waals surface area contributed by atoms with Gasteiger partial charge in [0.25, 0.3) is 0 Å². The molecule has 0 saturated heterocycles. The van der Waals surface area contributed by atoms with Crippen molar-refractivity contribution >= 4 is 0 Å². The van der Waals surface area contributed by atoms with Gasteiger partial charge in [-0.05, 0) is 38.5 Å². The Morgan fingerprint density at radius 1 is 1.24 bits per heavy atom. The first-order valence-electron chi connectivity index (χ1n) is 5.82. The Kier molecular flexibility index (Phi) is 3.18. The molecule has 1 aromatic heterocycles. The summed E-state index contributed by atoms with van der Waals surface area (Å²) in [5, 5.41) is 4.57. The van der Waals surface area contributed by atoms with Gasteiger partial charge in [0.1, 0.15) is 5.75 Å². The molecule has 0 N–H and O–H groups in total. The van der Waals surface area contributed by atoms with Crippen LogP contribution >= 0.6 is 0 Å². The van der Waals surface area contributed by atoms with E-state index in [0.29, 0.717) is 6.04 Å². The smallest absolute Gasteiger partial charge is 0.131 e. The van der Waals surface area contributed by atoms with Gasteiger partial charge in [0.05, 0.1) is 12.8 Å². The average Bonchev–Trinajstić information content (AvgIpc) is 2.77. The number of nitrogens with zero attached hydrogens (tertiary/aromatic N) is 2. The Labute approximate surface area is 102 Å². The molecule has 0 bridgehead atoms.